The van der Waals surface area contributed by atoms with Crippen molar-refractivity contribution in [1.82, 2.24) is 30.4 Å². The molecule has 5 aliphatic rings. The number of hydrogen-bond acceptors (Lipinski definition) is 10. The van der Waals surface area contributed by atoms with E-state index in [1.54, 1.807) is 11.0 Å². The van der Waals surface area contributed by atoms with Crippen molar-refractivity contribution in [1.29, 1.82) is 0 Å². The Morgan fingerprint density at radius 3 is 2.50 bits per heavy atom. The predicted molar refractivity (Wildman–Crippen MR) is 179 cm³/mol. The van der Waals surface area contributed by atoms with Gasteiger partial charge in [-0.2, -0.15) is 0 Å². The van der Waals surface area contributed by atoms with E-state index in [-0.39, 0.29) is 18.2 Å². The minimum Gasteiger partial charge on any atom is -0.385 e. The fraction of sp³-hybridized carbons (Fsp3) is 0.472. The van der Waals surface area contributed by atoms with E-state index in [9.17, 15) is 19.5 Å². The van der Waals surface area contributed by atoms with Gasteiger partial charge in [0.15, 0.2) is 0 Å². The predicted octanol–water partition coefficient (Wildman–Crippen LogP) is 2.41. The molecule has 8 rings (SSSR count). The molecular formula is C36H42N8O4. The Kier molecular flexibility index (Phi) is 8.10. The second-order valence-corrected chi connectivity index (χ2v) is 13.9. The molecule has 1 atom stereocenters. The number of carbonyl (C=O) groups excluding carboxylic acids is 3. The molecule has 0 saturated carbocycles. The average Bonchev–Trinajstić information content (AvgIpc) is 3.70. The molecule has 6 heterocycles. The molecule has 48 heavy (non-hydrogen) atoms. The smallest absolute Gasteiger partial charge is 0.255 e. The molecule has 0 radical (unpaired) electrons. The van der Waals surface area contributed by atoms with Crippen molar-refractivity contribution in [2.45, 2.75) is 82.4 Å². The third kappa shape index (κ3) is 6.04. The maximum absolute atomic E-state index is 13.1. The van der Waals surface area contributed by atoms with Crippen LogP contribution in [0, 0.1) is 0 Å². The van der Waals surface area contributed by atoms with Gasteiger partial charge in [0.1, 0.15) is 6.04 Å². The SMILES string of the molecule is O=C1CCC(N2Cc3cc(C4(O)CCN(Cc5ccc(N6CCC(Nc7ncc8c(n7)CNC8)CC6)cc5)CC4)ccc3C2=O)C(=O)N1. The van der Waals surface area contributed by atoms with E-state index in [0.29, 0.717) is 37.4 Å². The van der Waals surface area contributed by atoms with Crippen LogP contribution in [0.4, 0.5) is 11.6 Å². The molecule has 250 valence electrons. The van der Waals surface area contributed by atoms with Crippen LogP contribution in [0.15, 0.2) is 48.7 Å². The lowest BCUT2D eigenvalue weighted by molar-refractivity contribution is -0.136. The Balaban J connectivity index is 0.822. The van der Waals surface area contributed by atoms with Crippen LogP contribution >= 0.6 is 0 Å². The van der Waals surface area contributed by atoms with Crippen molar-refractivity contribution < 1.29 is 19.5 Å². The number of amides is 3. The van der Waals surface area contributed by atoms with Gasteiger partial charge < -0.3 is 25.5 Å². The highest BCUT2D eigenvalue weighted by Crippen LogP contribution is 2.37. The first-order chi connectivity index (χ1) is 23.3. The zero-order chi connectivity index (χ0) is 32.8. The maximum Gasteiger partial charge on any atom is 0.255 e. The monoisotopic (exact) mass is 650 g/mol. The number of aliphatic hydroxyl groups is 1. The van der Waals surface area contributed by atoms with Gasteiger partial charge >= 0.3 is 0 Å². The van der Waals surface area contributed by atoms with Crippen LogP contribution in [0.2, 0.25) is 0 Å². The molecule has 0 spiro atoms. The average molecular weight is 651 g/mol. The summed E-state index contributed by atoms with van der Waals surface area (Å²) in [5.74, 6) is -0.174. The highest BCUT2D eigenvalue weighted by molar-refractivity contribution is 6.05. The van der Waals surface area contributed by atoms with Crippen molar-refractivity contribution in [3.05, 3.63) is 82.2 Å². The van der Waals surface area contributed by atoms with Crippen LogP contribution in [0.1, 0.15) is 76.8 Å². The Bertz CT molecular complexity index is 1730. The maximum atomic E-state index is 13.1. The Morgan fingerprint density at radius 2 is 1.73 bits per heavy atom. The molecule has 0 bridgehead atoms. The number of nitrogens with one attached hydrogen (secondary N) is 3. The number of carbonyl (C=O) groups is 3. The van der Waals surface area contributed by atoms with Crippen LogP contribution in [0.3, 0.4) is 0 Å². The number of rotatable bonds is 7. The third-order valence-corrected chi connectivity index (χ3v) is 10.8. The van der Waals surface area contributed by atoms with E-state index in [2.05, 4.69) is 55.0 Å². The number of benzene rings is 2. The molecule has 1 unspecified atom stereocenters. The summed E-state index contributed by atoms with van der Waals surface area (Å²) >= 11 is 0. The molecule has 1 aromatic heterocycles. The van der Waals surface area contributed by atoms with E-state index >= 15 is 0 Å². The van der Waals surface area contributed by atoms with E-state index in [1.165, 1.54) is 16.8 Å². The standard InChI is InChI=1S/C36H42N8O4/c45-32-8-7-31(33(46)41-32)44-22-24-17-26(3-6-29(24)34(44)47)36(48)11-15-42(16-12-36)21-23-1-4-28(5-2-23)43-13-9-27(10-14-43)39-35-38-19-25-18-37-20-30(25)40-35/h1-6,17,19,27,31,37,48H,7-16,18,20-22H2,(H,38,39,40)(H,41,45,46). The molecule has 3 aromatic rings. The van der Waals surface area contributed by atoms with Crippen molar-refractivity contribution >= 4 is 29.4 Å². The van der Waals surface area contributed by atoms with Crippen molar-refractivity contribution in [2.24, 2.45) is 0 Å². The van der Waals surface area contributed by atoms with Gasteiger partial charge in [0.05, 0.1) is 11.3 Å². The van der Waals surface area contributed by atoms with Gasteiger partial charge in [0.25, 0.3) is 5.91 Å². The quantitative estimate of drug-likeness (QED) is 0.282. The van der Waals surface area contributed by atoms with Crippen LogP contribution in [-0.2, 0) is 41.4 Å². The second-order valence-electron chi connectivity index (χ2n) is 13.9. The molecular weight excluding hydrogens is 608 g/mol. The molecule has 3 amide bonds. The largest absolute Gasteiger partial charge is 0.385 e. The van der Waals surface area contributed by atoms with Crippen molar-refractivity contribution in [3.63, 3.8) is 0 Å². The van der Waals surface area contributed by atoms with Crippen LogP contribution < -0.4 is 20.9 Å². The summed E-state index contributed by atoms with van der Waals surface area (Å²) in [6, 6.07) is 14.2. The first kappa shape index (κ1) is 30.9. The van der Waals surface area contributed by atoms with Gasteiger partial charge in [-0.05, 0) is 67.0 Å². The molecule has 3 fully saturated rings. The fourth-order valence-electron chi connectivity index (χ4n) is 7.90. The third-order valence-electron chi connectivity index (χ3n) is 10.8. The lowest BCUT2D eigenvalue weighted by Crippen LogP contribution is -2.52. The minimum absolute atomic E-state index is 0.195. The number of hydrogen-bond donors (Lipinski definition) is 4. The van der Waals surface area contributed by atoms with Gasteiger partial charge in [0.2, 0.25) is 17.8 Å². The van der Waals surface area contributed by atoms with Crippen molar-refractivity contribution in [2.75, 3.05) is 36.4 Å². The van der Waals surface area contributed by atoms with Crippen LogP contribution in [0.25, 0.3) is 0 Å². The van der Waals surface area contributed by atoms with Crippen LogP contribution in [0.5, 0.6) is 0 Å². The Morgan fingerprint density at radius 1 is 0.938 bits per heavy atom. The summed E-state index contributed by atoms with van der Waals surface area (Å²) in [5, 5.41) is 20.9. The van der Waals surface area contributed by atoms with E-state index in [0.717, 1.165) is 81.4 Å². The normalized spacial score (nSPS) is 22.9. The fourth-order valence-corrected chi connectivity index (χ4v) is 7.90. The number of aromatic nitrogens is 2. The highest BCUT2D eigenvalue weighted by atomic mass is 16.3. The zero-order valence-electron chi connectivity index (χ0n) is 27.1. The van der Waals surface area contributed by atoms with Gasteiger partial charge in [0, 0.05) is 87.8 Å². The lowest BCUT2D eigenvalue weighted by Gasteiger charge is -2.39. The summed E-state index contributed by atoms with van der Waals surface area (Å²) in [7, 11) is 0. The molecule has 12 heteroatoms. The summed E-state index contributed by atoms with van der Waals surface area (Å²) in [5.41, 5.74) is 6.04. The van der Waals surface area contributed by atoms with Gasteiger partial charge in [-0.3, -0.25) is 24.6 Å². The van der Waals surface area contributed by atoms with Crippen molar-refractivity contribution in [3.8, 4) is 0 Å². The molecule has 2 aromatic carbocycles. The number of nitrogens with zero attached hydrogens (tertiary/aromatic N) is 5. The topological polar surface area (TPSA) is 143 Å². The summed E-state index contributed by atoms with van der Waals surface area (Å²) < 4.78 is 0. The minimum atomic E-state index is -0.967. The van der Waals surface area contributed by atoms with E-state index in [1.807, 2.05) is 18.3 Å². The second kappa shape index (κ2) is 12.6. The number of fused-ring (bicyclic) bond motifs is 2. The van der Waals surface area contributed by atoms with Crippen LogP contribution in [-0.4, -0.2) is 80.9 Å². The molecule has 12 nitrogen and oxygen atoms in total. The number of imide groups is 1. The summed E-state index contributed by atoms with van der Waals surface area (Å²) in [4.78, 5) is 52.7. The van der Waals surface area contributed by atoms with E-state index in [4.69, 9.17) is 4.98 Å². The van der Waals surface area contributed by atoms with Gasteiger partial charge in [-0.25, -0.2) is 9.97 Å². The summed E-state index contributed by atoms with van der Waals surface area (Å²) in [6.45, 7) is 6.31. The first-order valence-electron chi connectivity index (χ1n) is 17.2. The Hall–Kier alpha value is -4.39. The van der Waals surface area contributed by atoms with E-state index < -0.39 is 17.6 Å². The molecule has 5 aliphatic heterocycles. The number of piperidine rings is 3. The lowest BCUT2D eigenvalue weighted by atomic mass is 9.83. The van der Waals surface area contributed by atoms with Gasteiger partial charge in [-0.15, -0.1) is 0 Å². The molecule has 0 aliphatic carbocycles. The highest BCUT2D eigenvalue weighted by Gasteiger charge is 2.41. The molecule has 3 saturated heterocycles. The number of anilines is 2. The number of likely N-dealkylation sites (tertiary alicyclic amines) is 1. The zero-order valence-corrected chi connectivity index (χ0v) is 27.1. The first-order valence-corrected chi connectivity index (χ1v) is 17.2. The molecule has 4 N–H and O–H groups in total. The summed E-state index contributed by atoms with van der Waals surface area (Å²) in [6.07, 6.45) is 5.78. The van der Waals surface area contributed by atoms with Gasteiger partial charge in [-0.1, -0.05) is 24.3 Å². The Labute approximate surface area is 279 Å².